The fraction of sp³-hybridized carbons (Fsp3) is 0.933. The molecule has 2 N–H and O–H groups in total. The summed E-state index contributed by atoms with van der Waals surface area (Å²) in [4.78, 5) is 12.2. The standard InChI is InChI=1S/C15H19F6NO4S/c16-14(17,18)13(15(19,20)21,27-26-25-24)11(23)22-7-12-4-8-1-9(5-12)3-10(2-8)6-12/h8-10,24H,1-7H2,(H,22,23). The minimum Gasteiger partial charge on any atom is -0.354 e. The third-order valence-electron chi connectivity index (χ3n) is 6.10. The first-order chi connectivity index (χ1) is 12.4. The van der Waals surface area contributed by atoms with Gasteiger partial charge in [0.15, 0.2) is 0 Å². The Morgan fingerprint density at radius 1 is 1.00 bits per heavy atom. The summed E-state index contributed by atoms with van der Waals surface area (Å²) in [5, 5.41) is 12.8. The van der Waals surface area contributed by atoms with E-state index < -0.39 is 40.5 Å². The van der Waals surface area contributed by atoms with Crippen LogP contribution in [0.25, 0.3) is 0 Å². The quantitative estimate of drug-likeness (QED) is 0.289. The van der Waals surface area contributed by atoms with Crippen LogP contribution < -0.4 is 5.32 Å². The maximum Gasteiger partial charge on any atom is 0.423 e. The minimum atomic E-state index is -6.03. The number of hydrogen-bond acceptors (Lipinski definition) is 5. The van der Waals surface area contributed by atoms with Crippen molar-refractivity contribution in [1.82, 2.24) is 5.32 Å². The monoisotopic (exact) mass is 423 g/mol. The second-order valence-corrected chi connectivity index (χ2v) is 8.92. The number of carbonyl (C=O) groups is 1. The molecule has 0 aromatic heterocycles. The van der Waals surface area contributed by atoms with Crippen LogP contribution in [0.2, 0.25) is 0 Å². The van der Waals surface area contributed by atoms with Gasteiger partial charge in [-0.05, 0) is 61.7 Å². The second-order valence-electron chi connectivity index (χ2n) is 8.00. The molecule has 27 heavy (non-hydrogen) atoms. The first kappa shape index (κ1) is 21.0. The van der Waals surface area contributed by atoms with Crippen LogP contribution in [0.15, 0.2) is 0 Å². The maximum absolute atomic E-state index is 13.3. The Bertz CT molecular complexity index is 532. The summed E-state index contributed by atoms with van der Waals surface area (Å²) in [5.41, 5.74) is -0.452. The molecule has 0 saturated heterocycles. The topological polar surface area (TPSA) is 67.8 Å². The predicted octanol–water partition coefficient (Wildman–Crippen LogP) is 4.25. The van der Waals surface area contributed by atoms with Gasteiger partial charge in [-0.15, -0.1) is 4.33 Å². The number of rotatable bonds is 6. The van der Waals surface area contributed by atoms with Crippen LogP contribution in [0.3, 0.4) is 0 Å². The highest BCUT2D eigenvalue weighted by atomic mass is 32.2. The summed E-state index contributed by atoms with van der Waals surface area (Å²) in [5.74, 6) is -1.02. The zero-order valence-electron chi connectivity index (χ0n) is 14.0. The van der Waals surface area contributed by atoms with Crippen molar-refractivity contribution in [3.05, 3.63) is 0 Å². The molecule has 156 valence electrons. The van der Waals surface area contributed by atoms with Crippen molar-refractivity contribution in [3.8, 4) is 0 Å². The normalized spacial score (nSPS) is 33.4. The molecule has 1 amide bonds. The van der Waals surface area contributed by atoms with Crippen LogP contribution in [-0.4, -0.2) is 34.8 Å². The Morgan fingerprint density at radius 3 is 1.81 bits per heavy atom. The number of nitrogens with one attached hydrogen (secondary N) is 1. The van der Waals surface area contributed by atoms with Crippen LogP contribution in [0.1, 0.15) is 38.5 Å². The van der Waals surface area contributed by atoms with E-state index in [1.165, 1.54) is 0 Å². The van der Waals surface area contributed by atoms with Gasteiger partial charge in [0.2, 0.25) is 0 Å². The molecule has 4 bridgehead atoms. The number of hydrogen-bond donors (Lipinski definition) is 2. The summed E-state index contributed by atoms with van der Waals surface area (Å²) >= 11 is -1.33. The van der Waals surface area contributed by atoms with E-state index in [4.69, 9.17) is 5.26 Å². The third kappa shape index (κ3) is 3.65. The van der Waals surface area contributed by atoms with Gasteiger partial charge in [-0.1, -0.05) is 5.04 Å². The van der Waals surface area contributed by atoms with E-state index in [0.29, 0.717) is 37.0 Å². The molecular formula is C15H19F6NO4S. The van der Waals surface area contributed by atoms with E-state index in [-0.39, 0.29) is 6.54 Å². The predicted molar refractivity (Wildman–Crippen MR) is 80.8 cm³/mol. The summed E-state index contributed by atoms with van der Waals surface area (Å²) in [6.07, 6.45) is -6.82. The number of carbonyl (C=O) groups excluding carboxylic acids is 1. The van der Waals surface area contributed by atoms with Crippen LogP contribution in [0, 0.1) is 23.2 Å². The average Bonchev–Trinajstić information content (AvgIpc) is 2.49. The zero-order chi connectivity index (χ0) is 20.1. The van der Waals surface area contributed by atoms with Gasteiger partial charge >= 0.3 is 17.1 Å². The van der Waals surface area contributed by atoms with Crippen LogP contribution >= 0.6 is 12.0 Å². The van der Waals surface area contributed by atoms with Gasteiger partial charge in [-0.3, -0.25) is 4.79 Å². The lowest BCUT2D eigenvalue weighted by Crippen LogP contribution is -2.64. The van der Waals surface area contributed by atoms with Gasteiger partial charge in [0.25, 0.3) is 5.91 Å². The summed E-state index contributed by atoms with van der Waals surface area (Å²) in [7, 11) is 0. The zero-order valence-corrected chi connectivity index (χ0v) is 14.8. The van der Waals surface area contributed by atoms with Gasteiger partial charge in [0.1, 0.15) is 0 Å². The van der Waals surface area contributed by atoms with Gasteiger partial charge in [-0.25, -0.2) is 5.26 Å². The van der Waals surface area contributed by atoms with Crippen molar-refractivity contribution in [2.24, 2.45) is 23.2 Å². The molecule has 4 aliphatic rings. The SMILES string of the molecule is O=C(NCC12CC3CC(CC(C3)C1)C2)C(SOOO)(C(F)(F)F)C(F)(F)F. The molecule has 0 aromatic carbocycles. The van der Waals surface area contributed by atoms with Crippen molar-refractivity contribution in [1.29, 1.82) is 0 Å². The molecule has 4 fully saturated rings. The lowest BCUT2D eigenvalue weighted by Gasteiger charge is -2.57. The molecule has 0 atom stereocenters. The van der Waals surface area contributed by atoms with E-state index in [0.717, 1.165) is 19.3 Å². The highest BCUT2D eigenvalue weighted by Gasteiger charge is 2.78. The largest absolute Gasteiger partial charge is 0.423 e. The molecule has 12 heteroatoms. The third-order valence-corrected chi connectivity index (χ3v) is 7.12. The summed E-state index contributed by atoms with van der Waals surface area (Å²) < 4.78 is 78.4. The molecule has 0 aliphatic heterocycles. The lowest BCUT2D eigenvalue weighted by atomic mass is 9.49. The van der Waals surface area contributed by atoms with Gasteiger partial charge in [0, 0.05) is 6.54 Å². The van der Waals surface area contributed by atoms with E-state index >= 15 is 0 Å². The Balaban J connectivity index is 1.78. The van der Waals surface area contributed by atoms with Crippen LogP contribution in [0.5, 0.6) is 0 Å². The first-order valence-corrected chi connectivity index (χ1v) is 9.24. The molecule has 0 unspecified atom stereocenters. The van der Waals surface area contributed by atoms with Crippen LogP contribution in [0.4, 0.5) is 26.3 Å². The fourth-order valence-corrected chi connectivity index (χ4v) is 5.98. The number of amides is 1. The Labute approximate surface area is 155 Å². The number of halogens is 6. The van der Waals surface area contributed by atoms with Gasteiger partial charge < -0.3 is 5.32 Å². The van der Waals surface area contributed by atoms with Crippen molar-refractivity contribution >= 4 is 17.9 Å². The van der Waals surface area contributed by atoms with Gasteiger partial charge in [-0.2, -0.15) is 26.3 Å². The van der Waals surface area contributed by atoms with Crippen molar-refractivity contribution in [3.63, 3.8) is 0 Å². The Morgan fingerprint density at radius 2 is 1.44 bits per heavy atom. The molecule has 0 heterocycles. The fourth-order valence-electron chi connectivity index (χ4n) is 5.52. The van der Waals surface area contributed by atoms with E-state index in [2.05, 4.69) is 9.37 Å². The van der Waals surface area contributed by atoms with Crippen molar-refractivity contribution < 1.29 is 45.8 Å². The number of alkyl halides is 6. The Hall–Kier alpha value is -0.720. The first-order valence-electron chi connectivity index (χ1n) is 8.50. The highest BCUT2D eigenvalue weighted by Crippen LogP contribution is 2.60. The van der Waals surface area contributed by atoms with E-state index in [1.54, 1.807) is 0 Å². The van der Waals surface area contributed by atoms with Crippen LogP contribution in [-0.2, 0) is 14.2 Å². The maximum atomic E-state index is 13.3. The van der Waals surface area contributed by atoms with E-state index in [1.807, 2.05) is 5.32 Å². The minimum absolute atomic E-state index is 0.246. The smallest absolute Gasteiger partial charge is 0.354 e. The molecule has 4 aliphatic carbocycles. The van der Waals surface area contributed by atoms with E-state index in [9.17, 15) is 31.1 Å². The lowest BCUT2D eigenvalue weighted by molar-refractivity contribution is -0.433. The molecule has 4 rings (SSSR count). The molecule has 0 spiro atoms. The summed E-state index contributed by atoms with van der Waals surface area (Å²) in [6.45, 7) is -0.246. The Kier molecular flexibility index (Phi) is 5.41. The molecule has 0 radical (unpaired) electrons. The molecule has 5 nitrogen and oxygen atoms in total. The van der Waals surface area contributed by atoms with Crippen molar-refractivity contribution in [2.75, 3.05) is 6.54 Å². The molecular weight excluding hydrogens is 404 g/mol. The molecule has 4 saturated carbocycles. The molecule has 0 aromatic rings. The average molecular weight is 423 g/mol. The van der Waals surface area contributed by atoms with Gasteiger partial charge in [0.05, 0.1) is 12.0 Å². The summed E-state index contributed by atoms with van der Waals surface area (Å²) in [6, 6.07) is 0. The van der Waals surface area contributed by atoms with Crippen molar-refractivity contribution in [2.45, 2.75) is 55.6 Å². The highest BCUT2D eigenvalue weighted by molar-refractivity contribution is 7.97. The second kappa shape index (κ2) is 6.96.